The summed E-state index contributed by atoms with van der Waals surface area (Å²) in [6.07, 6.45) is 1.21. The average Bonchev–Trinajstić information content (AvgIpc) is 2.37. The van der Waals surface area contributed by atoms with E-state index in [-0.39, 0.29) is 0 Å². The van der Waals surface area contributed by atoms with E-state index in [1.807, 2.05) is 19.1 Å². The van der Waals surface area contributed by atoms with Crippen molar-refractivity contribution in [1.29, 1.82) is 0 Å². The number of aromatic nitrogens is 2. The van der Waals surface area contributed by atoms with Gasteiger partial charge in [0.05, 0.1) is 11.9 Å². The summed E-state index contributed by atoms with van der Waals surface area (Å²) in [5.74, 6) is 1.54. The largest absolute Gasteiger partial charge is 0.389 e. The van der Waals surface area contributed by atoms with Crippen molar-refractivity contribution in [1.82, 2.24) is 9.97 Å². The van der Waals surface area contributed by atoms with E-state index in [1.54, 1.807) is 24.9 Å². The average molecular weight is 274 g/mol. The van der Waals surface area contributed by atoms with Crippen LogP contribution >= 0.6 is 11.8 Å². The van der Waals surface area contributed by atoms with Gasteiger partial charge in [0.2, 0.25) is 0 Å². The van der Waals surface area contributed by atoms with E-state index in [1.165, 1.54) is 10.5 Å². The molecule has 0 aliphatic rings. The molecule has 1 unspecified atom stereocenters. The molecule has 0 saturated carbocycles. The molecule has 0 aliphatic heterocycles. The zero-order valence-electron chi connectivity index (χ0n) is 11.4. The fourth-order valence-electron chi connectivity index (χ4n) is 1.86. The Labute approximate surface area is 118 Å². The minimum atomic E-state index is -0.516. The van der Waals surface area contributed by atoms with Crippen LogP contribution in [0.5, 0.6) is 0 Å². The Balaban J connectivity index is 2.08. The highest BCUT2D eigenvalue weighted by atomic mass is 32.2. The van der Waals surface area contributed by atoms with Gasteiger partial charge in [-0.2, -0.15) is 0 Å². The predicted molar refractivity (Wildman–Crippen MR) is 78.1 cm³/mol. The standard InChI is InChI=1S/C15H18N2OS/c1-10-6-4-5-7-14(10)19-9-15-16-8-13(12(3)18)11(2)17-15/h4-8,12,18H,9H2,1-3H3. The van der Waals surface area contributed by atoms with E-state index in [2.05, 4.69) is 29.0 Å². The molecular weight excluding hydrogens is 256 g/mol. The minimum Gasteiger partial charge on any atom is -0.389 e. The Bertz CT molecular complexity index is 570. The summed E-state index contributed by atoms with van der Waals surface area (Å²) in [5.41, 5.74) is 2.92. The third kappa shape index (κ3) is 3.55. The number of thioether (sulfide) groups is 1. The number of aliphatic hydroxyl groups is 1. The summed E-state index contributed by atoms with van der Waals surface area (Å²) < 4.78 is 0. The first-order valence-corrected chi connectivity index (χ1v) is 7.25. The smallest absolute Gasteiger partial charge is 0.138 e. The number of nitrogens with zero attached hydrogens (tertiary/aromatic N) is 2. The SMILES string of the molecule is Cc1ccccc1SCc1ncc(C(C)O)c(C)n1. The molecule has 0 spiro atoms. The third-order valence-electron chi connectivity index (χ3n) is 2.97. The topological polar surface area (TPSA) is 46.0 Å². The molecule has 0 radical (unpaired) electrons. The van der Waals surface area contributed by atoms with Crippen LogP contribution < -0.4 is 0 Å². The molecule has 2 aromatic rings. The van der Waals surface area contributed by atoms with E-state index in [4.69, 9.17) is 0 Å². The maximum atomic E-state index is 9.55. The number of rotatable bonds is 4. The molecule has 1 N–H and O–H groups in total. The number of aliphatic hydroxyl groups excluding tert-OH is 1. The second kappa shape index (κ2) is 6.17. The number of benzene rings is 1. The van der Waals surface area contributed by atoms with E-state index in [0.717, 1.165) is 22.8 Å². The molecular formula is C15H18N2OS. The summed E-state index contributed by atoms with van der Waals surface area (Å²) >= 11 is 1.74. The Hall–Kier alpha value is -1.39. The van der Waals surface area contributed by atoms with Crippen LogP contribution in [0.4, 0.5) is 0 Å². The normalized spacial score (nSPS) is 12.4. The van der Waals surface area contributed by atoms with Gasteiger partial charge < -0.3 is 5.11 Å². The summed E-state index contributed by atoms with van der Waals surface area (Å²) in [4.78, 5) is 10.0. The van der Waals surface area contributed by atoms with Crippen molar-refractivity contribution in [2.75, 3.05) is 0 Å². The quantitative estimate of drug-likeness (QED) is 0.868. The molecule has 1 heterocycles. The van der Waals surface area contributed by atoms with Gasteiger partial charge in [-0.1, -0.05) is 18.2 Å². The molecule has 0 fully saturated rings. The van der Waals surface area contributed by atoms with Gasteiger partial charge in [0.1, 0.15) is 5.82 Å². The van der Waals surface area contributed by atoms with Gasteiger partial charge in [-0.05, 0) is 32.4 Å². The second-order valence-electron chi connectivity index (χ2n) is 4.56. The molecule has 4 heteroatoms. The second-order valence-corrected chi connectivity index (χ2v) is 5.57. The fraction of sp³-hybridized carbons (Fsp3) is 0.333. The monoisotopic (exact) mass is 274 g/mol. The number of aryl methyl sites for hydroxylation is 2. The molecule has 0 amide bonds. The Kier molecular flexibility index (Phi) is 4.56. The lowest BCUT2D eigenvalue weighted by Gasteiger charge is -2.09. The van der Waals surface area contributed by atoms with Crippen LogP contribution in [0.2, 0.25) is 0 Å². The molecule has 1 aromatic carbocycles. The highest BCUT2D eigenvalue weighted by Crippen LogP contribution is 2.25. The first-order chi connectivity index (χ1) is 9.08. The Morgan fingerprint density at radius 2 is 2.00 bits per heavy atom. The first-order valence-electron chi connectivity index (χ1n) is 6.27. The zero-order valence-corrected chi connectivity index (χ0v) is 12.2. The van der Waals surface area contributed by atoms with Gasteiger partial charge in [0, 0.05) is 22.3 Å². The van der Waals surface area contributed by atoms with Gasteiger partial charge in [0.25, 0.3) is 0 Å². The predicted octanol–water partition coefficient (Wildman–Crippen LogP) is 3.44. The fourth-order valence-corrected chi connectivity index (χ4v) is 2.76. The van der Waals surface area contributed by atoms with E-state index >= 15 is 0 Å². The van der Waals surface area contributed by atoms with Crippen molar-refractivity contribution in [3.05, 3.63) is 53.1 Å². The van der Waals surface area contributed by atoms with Crippen molar-refractivity contribution in [2.24, 2.45) is 0 Å². The molecule has 1 atom stereocenters. The van der Waals surface area contributed by atoms with Gasteiger partial charge in [0.15, 0.2) is 0 Å². The van der Waals surface area contributed by atoms with Crippen LogP contribution in [0.1, 0.15) is 35.7 Å². The van der Waals surface area contributed by atoms with E-state index in [0.29, 0.717) is 0 Å². The molecule has 2 rings (SSSR count). The third-order valence-corrected chi connectivity index (χ3v) is 4.14. The van der Waals surface area contributed by atoms with Crippen molar-refractivity contribution < 1.29 is 5.11 Å². The highest BCUT2D eigenvalue weighted by molar-refractivity contribution is 7.98. The summed E-state index contributed by atoms with van der Waals surface area (Å²) in [5, 5.41) is 9.55. The summed E-state index contributed by atoms with van der Waals surface area (Å²) in [6.45, 7) is 5.74. The minimum absolute atomic E-state index is 0.516. The van der Waals surface area contributed by atoms with Crippen LogP contribution in [0.25, 0.3) is 0 Å². The molecule has 19 heavy (non-hydrogen) atoms. The van der Waals surface area contributed by atoms with Crippen LogP contribution in [0.3, 0.4) is 0 Å². The summed E-state index contributed by atoms with van der Waals surface area (Å²) in [7, 11) is 0. The maximum absolute atomic E-state index is 9.55. The Morgan fingerprint density at radius 1 is 1.26 bits per heavy atom. The molecule has 3 nitrogen and oxygen atoms in total. The zero-order chi connectivity index (χ0) is 13.8. The van der Waals surface area contributed by atoms with Gasteiger partial charge >= 0.3 is 0 Å². The van der Waals surface area contributed by atoms with Gasteiger partial charge in [-0.15, -0.1) is 11.8 Å². The molecule has 0 aliphatic carbocycles. The Morgan fingerprint density at radius 3 is 2.63 bits per heavy atom. The van der Waals surface area contributed by atoms with Crippen molar-refractivity contribution in [3.63, 3.8) is 0 Å². The lowest BCUT2D eigenvalue weighted by Crippen LogP contribution is -2.02. The lowest BCUT2D eigenvalue weighted by atomic mass is 10.1. The highest BCUT2D eigenvalue weighted by Gasteiger charge is 2.08. The van der Waals surface area contributed by atoms with Crippen LogP contribution in [-0.4, -0.2) is 15.1 Å². The summed E-state index contributed by atoms with van der Waals surface area (Å²) in [6, 6.07) is 8.29. The van der Waals surface area contributed by atoms with Crippen LogP contribution in [0.15, 0.2) is 35.4 Å². The number of hydrogen-bond acceptors (Lipinski definition) is 4. The van der Waals surface area contributed by atoms with Gasteiger partial charge in [-0.3, -0.25) is 0 Å². The van der Waals surface area contributed by atoms with Gasteiger partial charge in [-0.25, -0.2) is 9.97 Å². The lowest BCUT2D eigenvalue weighted by molar-refractivity contribution is 0.197. The number of hydrogen-bond donors (Lipinski definition) is 1. The van der Waals surface area contributed by atoms with Crippen LogP contribution in [-0.2, 0) is 5.75 Å². The molecule has 1 aromatic heterocycles. The van der Waals surface area contributed by atoms with Crippen molar-refractivity contribution in [3.8, 4) is 0 Å². The van der Waals surface area contributed by atoms with E-state index < -0.39 is 6.10 Å². The first kappa shape index (κ1) is 14.0. The van der Waals surface area contributed by atoms with E-state index in [9.17, 15) is 5.11 Å². The molecule has 100 valence electrons. The molecule has 0 saturated heterocycles. The van der Waals surface area contributed by atoms with Crippen molar-refractivity contribution >= 4 is 11.8 Å². The maximum Gasteiger partial charge on any atom is 0.138 e. The van der Waals surface area contributed by atoms with Crippen LogP contribution in [0, 0.1) is 13.8 Å². The molecule has 0 bridgehead atoms. The van der Waals surface area contributed by atoms with Crippen molar-refractivity contribution in [2.45, 2.75) is 37.5 Å².